The fourth-order valence-corrected chi connectivity index (χ4v) is 4.36. The average molecular weight is 417 g/mol. The van der Waals surface area contributed by atoms with Gasteiger partial charge in [-0.3, -0.25) is 14.6 Å². The van der Waals surface area contributed by atoms with Crippen LogP contribution in [0.3, 0.4) is 0 Å². The number of carbonyl (C=O) groups excluding carboxylic acids is 1. The molecule has 0 spiro atoms. The van der Waals surface area contributed by atoms with Gasteiger partial charge in [0.25, 0.3) is 0 Å². The number of carbonyl (C=O) groups is 1. The molecule has 0 radical (unpaired) electrons. The van der Waals surface area contributed by atoms with E-state index in [1.54, 1.807) is 18.4 Å². The Morgan fingerprint density at radius 3 is 2.52 bits per heavy atom. The number of aromatic nitrogens is 1. The Morgan fingerprint density at radius 1 is 1.17 bits per heavy atom. The lowest BCUT2D eigenvalue weighted by Gasteiger charge is -2.33. The van der Waals surface area contributed by atoms with Crippen molar-refractivity contribution in [3.8, 4) is 10.6 Å². The summed E-state index contributed by atoms with van der Waals surface area (Å²) in [4.78, 5) is 22.5. The van der Waals surface area contributed by atoms with Crippen molar-refractivity contribution < 1.29 is 9.53 Å². The highest BCUT2D eigenvalue weighted by atomic mass is 32.1. The minimum Gasteiger partial charge on any atom is -0.383 e. The van der Waals surface area contributed by atoms with Gasteiger partial charge >= 0.3 is 0 Å². The highest BCUT2D eigenvalue weighted by Gasteiger charge is 2.19. The van der Waals surface area contributed by atoms with E-state index in [2.05, 4.69) is 58.2 Å². The van der Waals surface area contributed by atoms with Gasteiger partial charge in [0.1, 0.15) is 5.01 Å². The van der Waals surface area contributed by atoms with Crippen molar-refractivity contribution in [3.63, 3.8) is 0 Å². The van der Waals surface area contributed by atoms with Gasteiger partial charge in [0, 0.05) is 63.0 Å². The predicted molar refractivity (Wildman–Crippen MR) is 118 cm³/mol. The summed E-state index contributed by atoms with van der Waals surface area (Å²) >= 11 is 1.77. The van der Waals surface area contributed by atoms with Crippen molar-refractivity contribution >= 4 is 17.2 Å². The molecular weight excluding hydrogens is 384 g/mol. The molecule has 1 fully saturated rings. The van der Waals surface area contributed by atoms with Gasteiger partial charge in [-0.15, -0.1) is 11.3 Å². The van der Waals surface area contributed by atoms with E-state index in [0.717, 1.165) is 37.7 Å². The molecule has 1 N–H and O–H groups in total. The van der Waals surface area contributed by atoms with Crippen molar-refractivity contribution in [1.82, 2.24) is 20.1 Å². The first-order valence-corrected chi connectivity index (χ1v) is 11.1. The first-order valence-electron chi connectivity index (χ1n) is 10.3. The zero-order valence-electron chi connectivity index (χ0n) is 17.7. The zero-order chi connectivity index (χ0) is 20.6. The van der Waals surface area contributed by atoms with Gasteiger partial charge < -0.3 is 10.1 Å². The number of hydrogen-bond acceptors (Lipinski definition) is 6. The number of benzene rings is 1. The molecule has 0 atom stereocenters. The van der Waals surface area contributed by atoms with Gasteiger partial charge in [-0.1, -0.05) is 38.1 Å². The maximum Gasteiger partial charge on any atom is 0.234 e. The molecule has 0 aliphatic carbocycles. The molecular formula is C22H32N4O2S. The largest absolute Gasteiger partial charge is 0.383 e. The lowest BCUT2D eigenvalue weighted by molar-refractivity contribution is -0.122. The predicted octanol–water partition coefficient (Wildman–Crippen LogP) is 2.81. The SMILES string of the molecule is COCCNC(=O)CN1CCN(Cc2cnc(-c3ccc(C(C)C)cc3)s2)CC1. The van der Waals surface area contributed by atoms with Crippen LogP contribution in [-0.4, -0.2) is 73.7 Å². The zero-order valence-corrected chi connectivity index (χ0v) is 18.5. The van der Waals surface area contributed by atoms with Gasteiger partial charge in [0.2, 0.25) is 5.91 Å². The molecule has 158 valence electrons. The summed E-state index contributed by atoms with van der Waals surface area (Å²) in [6.07, 6.45) is 2.01. The minimum absolute atomic E-state index is 0.0751. The van der Waals surface area contributed by atoms with Gasteiger partial charge in [0.15, 0.2) is 0 Å². The van der Waals surface area contributed by atoms with Gasteiger partial charge in [-0.2, -0.15) is 0 Å². The topological polar surface area (TPSA) is 57.7 Å². The normalized spacial score (nSPS) is 15.7. The maximum atomic E-state index is 11.9. The lowest BCUT2D eigenvalue weighted by Crippen LogP contribution is -2.49. The highest BCUT2D eigenvalue weighted by molar-refractivity contribution is 7.15. The fourth-order valence-electron chi connectivity index (χ4n) is 3.40. The molecule has 1 amide bonds. The number of piperazine rings is 1. The highest BCUT2D eigenvalue weighted by Crippen LogP contribution is 2.27. The number of rotatable bonds is 9. The maximum absolute atomic E-state index is 11.9. The number of thiazole rings is 1. The second-order valence-corrected chi connectivity index (χ2v) is 8.92. The second kappa shape index (κ2) is 10.8. The Hall–Kier alpha value is -1.80. The lowest BCUT2D eigenvalue weighted by atomic mass is 10.0. The van der Waals surface area contributed by atoms with Gasteiger partial charge in [0.05, 0.1) is 13.2 Å². The number of hydrogen-bond donors (Lipinski definition) is 1. The number of nitrogens with zero attached hydrogens (tertiary/aromatic N) is 3. The van der Waals surface area contributed by atoms with Crippen LogP contribution in [0, 0.1) is 0 Å². The third-order valence-electron chi connectivity index (χ3n) is 5.22. The molecule has 1 aromatic heterocycles. The molecule has 6 nitrogen and oxygen atoms in total. The molecule has 0 bridgehead atoms. The van der Waals surface area contributed by atoms with Crippen molar-refractivity contribution in [1.29, 1.82) is 0 Å². The van der Waals surface area contributed by atoms with Crippen LogP contribution in [0.2, 0.25) is 0 Å². The Morgan fingerprint density at radius 2 is 1.86 bits per heavy atom. The van der Waals surface area contributed by atoms with Gasteiger partial charge in [-0.25, -0.2) is 4.98 Å². The summed E-state index contributed by atoms with van der Waals surface area (Å²) in [5.74, 6) is 0.622. The number of nitrogens with one attached hydrogen (secondary N) is 1. The van der Waals surface area contributed by atoms with Crippen LogP contribution in [0.15, 0.2) is 30.5 Å². The Balaban J connectivity index is 1.44. The molecule has 0 saturated carbocycles. The summed E-state index contributed by atoms with van der Waals surface area (Å²) in [5.41, 5.74) is 2.55. The molecule has 1 saturated heterocycles. The van der Waals surface area contributed by atoms with Crippen LogP contribution in [0.4, 0.5) is 0 Å². The summed E-state index contributed by atoms with van der Waals surface area (Å²) in [6.45, 7) is 10.7. The molecule has 0 unspecified atom stereocenters. The minimum atomic E-state index is 0.0751. The second-order valence-electron chi connectivity index (χ2n) is 7.80. The first-order chi connectivity index (χ1) is 14.0. The Kier molecular flexibility index (Phi) is 8.18. The van der Waals surface area contributed by atoms with Crippen LogP contribution in [0.25, 0.3) is 10.6 Å². The van der Waals surface area contributed by atoms with E-state index >= 15 is 0 Å². The van der Waals surface area contributed by atoms with Crippen LogP contribution >= 0.6 is 11.3 Å². The molecule has 2 aromatic rings. The number of methoxy groups -OCH3 is 1. The number of ether oxygens (including phenoxy) is 1. The van der Waals surface area contributed by atoms with Crippen LogP contribution in [-0.2, 0) is 16.1 Å². The summed E-state index contributed by atoms with van der Waals surface area (Å²) in [5, 5.41) is 3.97. The average Bonchev–Trinajstić information content (AvgIpc) is 3.18. The van der Waals surface area contributed by atoms with E-state index in [4.69, 9.17) is 4.74 Å². The van der Waals surface area contributed by atoms with Crippen LogP contribution < -0.4 is 5.32 Å². The summed E-state index contributed by atoms with van der Waals surface area (Å²) in [6, 6.07) is 8.75. The van der Waals surface area contributed by atoms with Crippen LogP contribution in [0.5, 0.6) is 0 Å². The monoisotopic (exact) mass is 416 g/mol. The summed E-state index contributed by atoms with van der Waals surface area (Å²) < 4.78 is 4.96. The first kappa shape index (κ1) is 21.9. The van der Waals surface area contributed by atoms with Gasteiger partial charge in [-0.05, 0) is 11.5 Å². The third-order valence-corrected chi connectivity index (χ3v) is 6.25. The van der Waals surface area contributed by atoms with E-state index in [9.17, 15) is 4.79 Å². The van der Waals surface area contributed by atoms with E-state index in [1.165, 1.54) is 16.0 Å². The molecule has 1 aromatic carbocycles. The standard InChI is InChI=1S/C22H32N4O2S/c1-17(2)18-4-6-19(7-5-18)22-24-14-20(29-22)15-25-9-11-26(12-10-25)16-21(27)23-8-13-28-3/h4-7,14,17H,8-13,15-16H2,1-3H3,(H,23,27). The Labute approximate surface area is 177 Å². The van der Waals surface area contributed by atoms with Crippen molar-refractivity contribution in [2.24, 2.45) is 0 Å². The molecule has 1 aliphatic heterocycles. The quantitative estimate of drug-likeness (QED) is 0.637. The van der Waals surface area contributed by atoms with E-state index < -0.39 is 0 Å². The Bertz CT molecular complexity index is 767. The van der Waals surface area contributed by atoms with Crippen molar-refractivity contribution in [2.45, 2.75) is 26.3 Å². The van der Waals surface area contributed by atoms with Crippen molar-refractivity contribution in [2.75, 3.05) is 53.0 Å². The molecule has 7 heteroatoms. The number of amides is 1. The molecule has 2 heterocycles. The summed E-state index contributed by atoms with van der Waals surface area (Å²) in [7, 11) is 1.64. The third kappa shape index (κ3) is 6.60. The van der Waals surface area contributed by atoms with Crippen LogP contribution in [0.1, 0.15) is 30.2 Å². The van der Waals surface area contributed by atoms with E-state index in [1.807, 2.05) is 6.20 Å². The molecule has 29 heavy (non-hydrogen) atoms. The van der Waals surface area contributed by atoms with E-state index in [0.29, 0.717) is 25.6 Å². The van der Waals surface area contributed by atoms with Crippen molar-refractivity contribution in [3.05, 3.63) is 40.9 Å². The molecule has 3 rings (SSSR count). The smallest absolute Gasteiger partial charge is 0.234 e. The fraction of sp³-hybridized carbons (Fsp3) is 0.545. The molecule has 1 aliphatic rings. The van der Waals surface area contributed by atoms with E-state index in [-0.39, 0.29) is 5.91 Å².